The van der Waals surface area contributed by atoms with E-state index in [-0.39, 0.29) is 18.2 Å². The van der Waals surface area contributed by atoms with Gasteiger partial charge in [-0.3, -0.25) is 15.2 Å². The second-order valence-electron chi connectivity index (χ2n) is 9.34. The molecule has 3 heterocycles. The number of fused-ring (bicyclic) bond motifs is 1. The van der Waals surface area contributed by atoms with Crippen LogP contribution in [0.25, 0.3) is 5.65 Å². The number of pyridine rings is 1. The maximum atomic E-state index is 14.6. The Balaban J connectivity index is 1.26. The number of hydrogen-bond donors (Lipinski definition) is 4. The Bertz CT molecular complexity index is 1340. The van der Waals surface area contributed by atoms with Crippen molar-refractivity contribution in [1.29, 1.82) is 0 Å². The number of amides is 1. The largest absolute Gasteiger partial charge is 0.494 e. The third kappa shape index (κ3) is 5.53. The molecule has 1 fully saturated rings. The van der Waals surface area contributed by atoms with Crippen LogP contribution in [0, 0.1) is 12.7 Å². The first-order valence-electron chi connectivity index (χ1n) is 12.3. The van der Waals surface area contributed by atoms with Crippen LogP contribution in [0.2, 0.25) is 0 Å². The molecule has 196 valence electrons. The fraction of sp³-hybridized carbons (Fsp3) is 0.385. The highest BCUT2D eigenvalue weighted by Gasteiger charge is 2.25. The van der Waals surface area contributed by atoms with Gasteiger partial charge in [0.1, 0.15) is 11.3 Å². The van der Waals surface area contributed by atoms with Gasteiger partial charge in [0.05, 0.1) is 32.6 Å². The average molecular weight is 510 g/mol. The molecule has 37 heavy (non-hydrogen) atoms. The molecule has 0 unspecified atom stereocenters. The number of nitrogens with two attached hydrogens (primary N) is 1. The zero-order valence-corrected chi connectivity index (χ0v) is 21.0. The van der Waals surface area contributed by atoms with Crippen LogP contribution in [-0.2, 0) is 29.2 Å². The van der Waals surface area contributed by atoms with Crippen molar-refractivity contribution in [2.75, 3.05) is 20.3 Å². The Morgan fingerprint density at radius 3 is 2.92 bits per heavy atom. The lowest BCUT2D eigenvalue weighted by Gasteiger charge is -2.13. The monoisotopic (exact) mass is 509 g/mol. The zero-order valence-electron chi connectivity index (χ0n) is 21.0. The first kappa shape index (κ1) is 25.0. The molecule has 0 radical (unpaired) electrons. The van der Waals surface area contributed by atoms with Crippen molar-refractivity contribution in [3.05, 3.63) is 76.3 Å². The van der Waals surface area contributed by atoms with Gasteiger partial charge in [-0.05, 0) is 48.9 Å². The van der Waals surface area contributed by atoms with E-state index in [1.807, 2.05) is 6.20 Å². The Morgan fingerprint density at radius 1 is 1.32 bits per heavy atom. The van der Waals surface area contributed by atoms with E-state index in [0.717, 1.165) is 22.5 Å². The molecule has 11 heteroatoms. The second-order valence-corrected chi connectivity index (χ2v) is 9.34. The van der Waals surface area contributed by atoms with Crippen molar-refractivity contribution >= 4 is 11.6 Å². The van der Waals surface area contributed by atoms with Crippen molar-refractivity contribution in [3.63, 3.8) is 0 Å². The number of carbonyl (C=O) groups excluding carboxylic acids is 1. The molecule has 2 aromatic heterocycles. The summed E-state index contributed by atoms with van der Waals surface area (Å²) < 4.78 is 27.4. The molecule has 1 aliphatic carbocycles. The lowest BCUT2D eigenvalue weighted by molar-refractivity contribution is -0.118. The number of halogens is 1. The van der Waals surface area contributed by atoms with Crippen molar-refractivity contribution in [1.82, 2.24) is 30.7 Å². The molecule has 1 saturated carbocycles. The molecule has 0 saturated heterocycles. The number of aromatic nitrogens is 2. The number of ether oxygens (including phenoxy) is 2. The van der Waals surface area contributed by atoms with E-state index in [2.05, 4.69) is 32.9 Å². The van der Waals surface area contributed by atoms with E-state index in [4.69, 9.17) is 20.2 Å². The highest BCUT2D eigenvalue weighted by molar-refractivity contribution is 5.92. The summed E-state index contributed by atoms with van der Waals surface area (Å²) >= 11 is 0. The Hall–Kier alpha value is -3.67. The van der Waals surface area contributed by atoms with Crippen LogP contribution in [0.15, 0.2) is 42.5 Å². The Morgan fingerprint density at radius 2 is 2.16 bits per heavy atom. The number of carbonyl (C=O) groups is 1. The van der Waals surface area contributed by atoms with E-state index in [1.165, 1.54) is 25.5 Å². The standard InChI is InChI=1S/C26H32FN7O3/c1-16-3-6-23(36-2)24(27)21(16)10-29-26(35)22-14-34(32-31-22)13-20-12-33-11-18(17-4-5-17)9-19(25(33)30-20)15-37-8-7-28/h3,6,9,11-12,14,17,31-32H,4-5,7-8,10,13,15,28H2,1-2H3,(H,29,35). The van der Waals surface area contributed by atoms with E-state index in [1.54, 1.807) is 30.3 Å². The Kier molecular flexibility index (Phi) is 7.26. The average Bonchev–Trinajstić information content (AvgIpc) is 3.50. The molecule has 5 N–H and O–H groups in total. The summed E-state index contributed by atoms with van der Waals surface area (Å²) in [5.74, 6) is -0.0849. The maximum Gasteiger partial charge on any atom is 0.270 e. The second kappa shape index (κ2) is 10.8. The Labute approximate surface area is 214 Å². The summed E-state index contributed by atoms with van der Waals surface area (Å²) in [6, 6.07) is 5.52. The van der Waals surface area contributed by atoms with Crippen LogP contribution >= 0.6 is 0 Å². The van der Waals surface area contributed by atoms with Crippen LogP contribution in [0.5, 0.6) is 5.75 Å². The first-order valence-corrected chi connectivity index (χ1v) is 12.3. The molecule has 5 rings (SSSR count). The summed E-state index contributed by atoms with van der Waals surface area (Å²) in [4.78, 5) is 17.5. The van der Waals surface area contributed by atoms with Crippen molar-refractivity contribution in [2.24, 2.45) is 5.73 Å². The third-order valence-electron chi connectivity index (χ3n) is 6.55. The quantitative estimate of drug-likeness (QED) is 0.291. The minimum atomic E-state index is -0.472. The molecule has 0 bridgehead atoms. The van der Waals surface area contributed by atoms with Crippen LogP contribution in [-0.4, -0.2) is 40.6 Å². The fourth-order valence-corrected chi connectivity index (χ4v) is 4.39. The van der Waals surface area contributed by atoms with Gasteiger partial charge in [-0.25, -0.2) is 9.37 Å². The summed E-state index contributed by atoms with van der Waals surface area (Å²) in [6.45, 7) is 3.69. The molecule has 2 aliphatic rings. The lowest BCUT2D eigenvalue weighted by atomic mass is 10.1. The predicted octanol–water partition coefficient (Wildman–Crippen LogP) is 2.13. The SMILES string of the molecule is COc1ccc(C)c(CNC(=O)C2=CN(Cc3cn4cc(C5CC5)cc(COCCN)c4n3)NN2)c1F. The van der Waals surface area contributed by atoms with Crippen LogP contribution < -0.4 is 26.7 Å². The van der Waals surface area contributed by atoms with Crippen LogP contribution in [0.1, 0.15) is 46.7 Å². The number of nitrogens with zero attached hydrogens (tertiary/aromatic N) is 3. The van der Waals surface area contributed by atoms with Crippen molar-refractivity contribution in [3.8, 4) is 5.75 Å². The molecule has 0 spiro atoms. The van der Waals surface area contributed by atoms with E-state index < -0.39 is 5.82 Å². The zero-order chi connectivity index (χ0) is 25.9. The smallest absolute Gasteiger partial charge is 0.270 e. The van der Waals surface area contributed by atoms with Gasteiger partial charge in [0, 0.05) is 42.8 Å². The fourth-order valence-electron chi connectivity index (χ4n) is 4.39. The minimum Gasteiger partial charge on any atom is -0.494 e. The number of hydrogen-bond acceptors (Lipinski definition) is 8. The first-order chi connectivity index (χ1) is 18.0. The van der Waals surface area contributed by atoms with Crippen LogP contribution in [0.3, 0.4) is 0 Å². The van der Waals surface area contributed by atoms with E-state index >= 15 is 0 Å². The maximum absolute atomic E-state index is 14.6. The lowest BCUT2D eigenvalue weighted by Crippen LogP contribution is -2.38. The molecule has 1 aliphatic heterocycles. The molecule has 1 aromatic carbocycles. The number of imidazole rings is 1. The third-order valence-corrected chi connectivity index (χ3v) is 6.55. The summed E-state index contributed by atoms with van der Waals surface area (Å²) in [7, 11) is 1.41. The van der Waals surface area contributed by atoms with Crippen molar-refractivity contribution in [2.45, 2.75) is 45.4 Å². The number of nitrogens with one attached hydrogen (secondary N) is 3. The summed E-state index contributed by atoms with van der Waals surface area (Å²) in [5, 5.41) is 4.50. The molecule has 3 aromatic rings. The number of methoxy groups -OCH3 is 1. The highest BCUT2D eigenvalue weighted by atomic mass is 19.1. The van der Waals surface area contributed by atoms with Gasteiger partial charge in [0.15, 0.2) is 11.6 Å². The molecular formula is C26H32FN7O3. The van der Waals surface area contributed by atoms with Gasteiger partial charge in [-0.1, -0.05) is 6.07 Å². The topological polar surface area (TPSA) is 118 Å². The van der Waals surface area contributed by atoms with Gasteiger partial charge in [-0.15, -0.1) is 5.53 Å². The van der Waals surface area contributed by atoms with Gasteiger partial charge in [-0.2, -0.15) is 0 Å². The highest BCUT2D eigenvalue weighted by Crippen LogP contribution is 2.40. The van der Waals surface area contributed by atoms with Crippen molar-refractivity contribution < 1.29 is 18.7 Å². The van der Waals surface area contributed by atoms with Gasteiger partial charge in [0.2, 0.25) is 0 Å². The van der Waals surface area contributed by atoms with E-state index in [9.17, 15) is 9.18 Å². The number of hydrazine groups is 2. The summed E-state index contributed by atoms with van der Waals surface area (Å²) in [6.07, 6.45) is 8.21. The van der Waals surface area contributed by atoms with Gasteiger partial charge in [0.25, 0.3) is 5.91 Å². The van der Waals surface area contributed by atoms with Gasteiger partial charge < -0.3 is 24.9 Å². The molecular weight excluding hydrogens is 477 g/mol. The predicted molar refractivity (Wildman–Crippen MR) is 135 cm³/mol. The molecule has 10 nitrogen and oxygen atoms in total. The number of aryl methyl sites for hydroxylation is 1. The molecule has 0 atom stereocenters. The number of benzene rings is 1. The summed E-state index contributed by atoms with van der Waals surface area (Å²) in [5.41, 5.74) is 16.8. The molecule has 1 amide bonds. The minimum absolute atomic E-state index is 0.0392. The van der Waals surface area contributed by atoms with Gasteiger partial charge >= 0.3 is 0 Å². The van der Waals surface area contributed by atoms with E-state index in [0.29, 0.717) is 43.5 Å². The van der Waals surface area contributed by atoms with Crippen LogP contribution in [0.4, 0.5) is 4.39 Å². The normalized spacial score (nSPS) is 15.1. The number of rotatable bonds is 11.